The minimum absolute atomic E-state index is 0.0104. The summed E-state index contributed by atoms with van der Waals surface area (Å²) in [7, 11) is 3.00. The highest BCUT2D eigenvalue weighted by Crippen LogP contribution is 2.68. The van der Waals surface area contributed by atoms with Crippen LogP contribution in [0.4, 0.5) is 0 Å². The molecule has 4 aliphatic heterocycles. The van der Waals surface area contributed by atoms with Crippen LogP contribution < -0.4 is 0 Å². The maximum atomic E-state index is 12.5. The van der Waals surface area contributed by atoms with Crippen molar-refractivity contribution in [1.29, 1.82) is 5.26 Å². The number of aromatic hydroxyl groups is 2. The molecule has 2 saturated heterocycles. The van der Waals surface area contributed by atoms with Crippen LogP contribution in [0.5, 0.6) is 11.5 Å². The Morgan fingerprint density at radius 1 is 0.935 bits per heavy atom. The zero-order valence-corrected chi connectivity index (χ0v) is 19.4. The average molecular weight is 496 g/mol. The number of hydrogen-bond acceptors (Lipinski definition) is 11. The molecule has 4 heterocycles. The van der Waals surface area contributed by atoms with E-state index in [1.54, 1.807) is 6.92 Å². The molecule has 2 amide bonds. The van der Waals surface area contributed by atoms with Crippen molar-refractivity contribution in [3.63, 3.8) is 0 Å². The van der Waals surface area contributed by atoms with Gasteiger partial charge in [0, 0.05) is 14.1 Å². The topological polar surface area (TPSA) is 123 Å². The number of nitriles is 1. The fraction of sp³-hybridized carbons (Fsp3) is 0.278. The van der Waals surface area contributed by atoms with Gasteiger partial charge in [0.2, 0.25) is 6.29 Å². The van der Waals surface area contributed by atoms with Gasteiger partial charge in [-0.2, -0.15) is 5.26 Å². The molecule has 0 bridgehead atoms. The van der Waals surface area contributed by atoms with Crippen LogP contribution in [0.15, 0.2) is 39.2 Å². The second-order valence-corrected chi connectivity index (χ2v) is 11.3. The van der Waals surface area contributed by atoms with Crippen LogP contribution in [0.1, 0.15) is 6.92 Å². The molecule has 1 aromatic rings. The molecule has 160 valence electrons. The molecule has 0 radical (unpaired) electrons. The third kappa shape index (κ3) is 2.97. The largest absolute Gasteiger partial charge is 0.505 e. The average Bonchev–Trinajstić information content (AvgIpc) is 3.40. The lowest BCUT2D eigenvalue weighted by atomic mass is 10.3. The summed E-state index contributed by atoms with van der Waals surface area (Å²) in [5.41, 5.74) is 0.288. The predicted octanol–water partition coefficient (Wildman–Crippen LogP) is 3.00. The number of thioether (sulfide) groups is 4. The van der Waals surface area contributed by atoms with Gasteiger partial charge in [-0.15, -0.1) is 0 Å². The highest BCUT2D eigenvalue weighted by atomic mass is 32.2. The number of carbonyl (C=O) groups excluding carboxylic acids is 2. The first-order chi connectivity index (χ1) is 14.7. The minimum Gasteiger partial charge on any atom is -0.505 e. The van der Waals surface area contributed by atoms with Gasteiger partial charge in [0.25, 0.3) is 11.8 Å². The van der Waals surface area contributed by atoms with Gasteiger partial charge >= 0.3 is 0 Å². The molecule has 13 heteroatoms. The number of hydrazine groups is 1. The van der Waals surface area contributed by atoms with E-state index in [0.717, 1.165) is 47.0 Å². The predicted molar refractivity (Wildman–Crippen MR) is 114 cm³/mol. The number of nitrogens with zero attached hydrogens (tertiary/aromatic N) is 3. The van der Waals surface area contributed by atoms with Crippen LogP contribution >= 0.6 is 47.0 Å². The summed E-state index contributed by atoms with van der Waals surface area (Å²) in [6.45, 7) is 1.72. The van der Waals surface area contributed by atoms with Crippen LogP contribution in [0.2, 0.25) is 0 Å². The second-order valence-electron chi connectivity index (χ2n) is 6.73. The van der Waals surface area contributed by atoms with Gasteiger partial charge in [0.1, 0.15) is 28.7 Å². The van der Waals surface area contributed by atoms with Crippen LogP contribution in [-0.2, 0) is 19.1 Å². The molecule has 2 fully saturated rings. The van der Waals surface area contributed by atoms with Crippen molar-refractivity contribution in [1.82, 2.24) is 10.0 Å². The highest BCUT2D eigenvalue weighted by molar-refractivity contribution is 8.26. The zero-order chi connectivity index (χ0) is 22.2. The Bertz CT molecular complexity index is 1120. The summed E-state index contributed by atoms with van der Waals surface area (Å²) in [5.74, 6) is -1.01. The first-order valence-electron chi connectivity index (χ1n) is 8.81. The quantitative estimate of drug-likeness (QED) is 0.259. The van der Waals surface area contributed by atoms with Gasteiger partial charge in [-0.05, 0) is 6.92 Å². The maximum Gasteiger partial charge on any atom is 0.279 e. The van der Waals surface area contributed by atoms with E-state index in [9.17, 15) is 25.1 Å². The van der Waals surface area contributed by atoms with Crippen LogP contribution in [0.3, 0.4) is 0 Å². The molecule has 1 aromatic carbocycles. The van der Waals surface area contributed by atoms with Crippen molar-refractivity contribution in [3.8, 4) is 17.6 Å². The summed E-state index contributed by atoms with van der Waals surface area (Å²) in [4.78, 5) is 26.6. The molecule has 31 heavy (non-hydrogen) atoms. The fourth-order valence-electron chi connectivity index (χ4n) is 3.19. The van der Waals surface area contributed by atoms with Crippen molar-refractivity contribution in [3.05, 3.63) is 19.6 Å². The molecule has 0 spiro atoms. The van der Waals surface area contributed by atoms with E-state index < -0.39 is 24.4 Å². The van der Waals surface area contributed by atoms with Crippen molar-refractivity contribution in [2.75, 3.05) is 14.1 Å². The number of likely N-dealkylation sites (N-methyl/N-ethyl adjacent to an activating group) is 2. The van der Waals surface area contributed by atoms with Gasteiger partial charge in [0.05, 0.1) is 28.1 Å². The summed E-state index contributed by atoms with van der Waals surface area (Å²) in [6.07, 6.45) is -1.16. The van der Waals surface area contributed by atoms with E-state index in [1.165, 1.54) is 24.1 Å². The number of hydrogen-bond donors (Lipinski definition) is 2. The minimum atomic E-state index is -0.770. The van der Waals surface area contributed by atoms with E-state index in [4.69, 9.17) is 9.47 Å². The molecular formula is C18H13N3O6S4. The maximum absolute atomic E-state index is 12.5. The number of phenols is 2. The highest BCUT2D eigenvalue weighted by Gasteiger charge is 2.44. The van der Waals surface area contributed by atoms with Gasteiger partial charge < -0.3 is 19.7 Å². The molecule has 0 aromatic heterocycles. The van der Waals surface area contributed by atoms with Crippen LogP contribution in [0.25, 0.3) is 0 Å². The van der Waals surface area contributed by atoms with Crippen LogP contribution in [0, 0.1) is 11.3 Å². The third-order valence-electron chi connectivity index (χ3n) is 4.93. The fourth-order valence-corrected chi connectivity index (χ4v) is 8.50. The lowest BCUT2D eigenvalue weighted by Gasteiger charge is -2.33. The van der Waals surface area contributed by atoms with Crippen molar-refractivity contribution < 1.29 is 29.3 Å². The number of ether oxygens (including phenoxy) is 2. The zero-order valence-electron chi connectivity index (χ0n) is 16.2. The Kier molecular flexibility index (Phi) is 4.92. The van der Waals surface area contributed by atoms with Gasteiger partial charge in [0.15, 0.2) is 6.29 Å². The first kappa shape index (κ1) is 20.9. The number of benzene rings is 1. The van der Waals surface area contributed by atoms with Crippen LogP contribution in [-0.4, -0.2) is 58.7 Å². The van der Waals surface area contributed by atoms with Gasteiger partial charge in [-0.25, -0.2) is 0 Å². The Balaban J connectivity index is 1.53. The molecule has 9 nitrogen and oxygen atoms in total. The van der Waals surface area contributed by atoms with E-state index in [0.29, 0.717) is 28.1 Å². The summed E-state index contributed by atoms with van der Waals surface area (Å²) < 4.78 is 11.8. The van der Waals surface area contributed by atoms with Gasteiger partial charge in [-0.1, -0.05) is 47.0 Å². The standard InChI is InChI=1S/C18H13N3O6S4/c1-5-26-16(27-5)6(4-19)17-28-10-8(22)12-13(9(23)11(10)29-17)31-18(30-12)7-14(24)20(2)21(3)15(7)25/h5,16,22-23H,1-3H3. The molecule has 0 atom stereocenters. The Labute approximate surface area is 193 Å². The molecule has 4 aliphatic rings. The second kappa shape index (κ2) is 7.29. The third-order valence-corrected chi connectivity index (χ3v) is 10.2. The molecule has 0 unspecified atom stereocenters. The number of phenolic OH excluding ortho intramolecular Hbond substituents is 2. The normalized spacial score (nSPS) is 24.5. The lowest BCUT2D eigenvalue weighted by Crippen LogP contribution is -2.39. The van der Waals surface area contributed by atoms with Gasteiger partial charge in [-0.3, -0.25) is 19.6 Å². The van der Waals surface area contributed by atoms with Crippen molar-refractivity contribution >= 4 is 58.9 Å². The summed E-state index contributed by atoms with van der Waals surface area (Å²) >= 11 is 4.45. The Morgan fingerprint density at radius 3 is 1.81 bits per heavy atom. The number of carbonyl (C=O) groups is 2. The van der Waals surface area contributed by atoms with Crippen molar-refractivity contribution in [2.45, 2.75) is 39.1 Å². The smallest absolute Gasteiger partial charge is 0.279 e. The molecule has 0 aliphatic carbocycles. The first-order valence-corrected chi connectivity index (χ1v) is 12.1. The molecule has 2 N–H and O–H groups in total. The monoisotopic (exact) mass is 495 g/mol. The Morgan fingerprint density at radius 2 is 1.39 bits per heavy atom. The molecular weight excluding hydrogens is 482 g/mol. The summed E-state index contributed by atoms with van der Waals surface area (Å²) in [5, 5.41) is 33.8. The Hall–Kier alpha value is -1.95. The van der Waals surface area contributed by atoms with E-state index in [1.807, 2.05) is 0 Å². The SMILES string of the molecule is CC1OC(C(C#N)=C2Sc3c(O)c4c(c(O)c3S2)SC(=C2C(=O)N(C)N(C)C2=O)S4)O1. The van der Waals surface area contributed by atoms with E-state index in [-0.39, 0.29) is 22.6 Å². The number of amides is 2. The number of fused-ring (bicyclic) bond motifs is 2. The number of rotatable bonds is 1. The summed E-state index contributed by atoms with van der Waals surface area (Å²) in [6, 6.07) is 2.08. The van der Waals surface area contributed by atoms with E-state index in [2.05, 4.69) is 6.07 Å². The molecule has 5 rings (SSSR count). The van der Waals surface area contributed by atoms with E-state index >= 15 is 0 Å². The van der Waals surface area contributed by atoms with Crippen molar-refractivity contribution in [2.24, 2.45) is 0 Å². The lowest BCUT2D eigenvalue weighted by molar-refractivity contribution is -0.357. The molecule has 0 saturated carbocycles.